The first-order valence-electron chi connectivity index (χ1n) is 8.89. The number of benzene rings is 1. The van der Waals surface area contributed by atoms with Crippen LogP contribution in [-0.4, -0.2) is 18.4 Å². The summed E-state index contributed by atoms with van der Waals surface area (Å²) in [7, 11) is 0. The van der Waals surface area contributed by atoms with E-state index in [0.29, 0.717) is 17.3 Å². The molecular weight excluding hydrogens is 368 g/mol. The number of carbonyl (C=O) groups is 2. The fraction of sp³-hybridized carbons (Fsp3) is 0.400. The second-order valence-corrected chi connectivity index (χ2v) is 8.27. The van der Waals surface area contributed by atoms with Gasteiger partial charge in [-0.15, -0.1) is 11.3 Å². The van der Waals surface area contributed by atoms with Gasteiger partial charge in [0.2, 0.25) is 0 Å². The predicted molar refractivity (Wildman–Crippen MR) is 107 cm³/mol. The third-order valence-corrected chi connectivity index (χ3v) is 6.60. The normalized spacial score (nSPS) is 16.1. The zero-order valence-corrected chi connectivity index (χ0v) is 16.4. The van der Waals surface area contributed by atoms with Crippen molar-refractivity contribution < 1.29 is 9.59 Å². The molecule has 138 valence electrons. The molecular formula is C20H23ClN2O2S. The number of nitrogens with one attached hydrogen (secondary N) is 2. The van der Waals surface area contributed by atoms with Gasteiger partial charge in [0.15, 0.2) is 0 Å². The molecule has 1 saturated carbocycles. The number of anilines is 1. The Morgan fingerprint density at radius 1 is 1.15 bits per heavy atom. The molecule has 0 radical (unpaired) electrons. The van der Waals surface area contributed by atoms with Crippen molar-refractivity contribution in [1.29, 1.82) is 0 Å². The Balaban J connectivity index is 1.63. The van der Waals surface area contributed by atoms with E-state index in [2.05, 4.69) is 22.1 Å². The van der Waals surface area contributed by atoms with Gasteiger partial charge in [0.05, 0.1) is 0 Å². The van der Waals surface area contributed by atoms with Gasteiger partial charge in [-0.05, 0) is 48.9 Å². The van der Waals surface area contributed by atoms with Crippen molar-refractivity contribution in [3.63, 3.8) is 0 Å². The maximum Gasteiger partial charge on any atom is 0.313 e. The minimum absolute atomic E-state index is 0.0461. The molecule has 3 rings (SSSR count). The molecule has 1 aliphatic rings. The van der Waals surface area contributed by atoms with E-state index in [1.165, 1.54) is 11.3 Å². The third-order valence-electron chi connectivity index (χ3n) is 5.08. The second-order valence-electron chi connectivity index (χ2n) is 6.92. The van der Waals surface area contributed by atoms with Crippen LogP contribution in [0.4, 0.5) is 5.69 Å². The van der Waals surface area contributed by atoms with Crippen molar-refractivity contribution in [3.05, 3.63) is 51.2 Å². The summed E-state index contributed by atoms with van der Waals surface area (Å²) in [6, 6.07) is 9.38. The lowest BCUT2D eigenvalue weighted by molar-refractivity contribution is -0.136. The van der Waals surface area contributed by atoms with Gasteiger partial charge in [0.25, 0.3) is 0 Å². The smallest absolute Gasteiger partial charge is 0.313 e. The number of halogens is 1. The molecule has 1 aromatic heterocycles. The number of rotatable bonds is 4. The minimum atomic E-state index is -0.665. The molecule has 26 heavy (non-hydrogen) atoms. The van der Waals surface area contributed by atoms with E-state index < -0.39 is 11.8 Å². The summed E-state index contributed by atoms with van der Waals surface area (Å²) in [4.78, 5) is 25.8. The molecule has 2 amide bonds. The minimum Gasteiger partial charge on any atom is -0.347 e. The van der Waals surface area contributed by atoms with Gasteiger partial charge in [-0.25, -0.2) is 0 Å². The van der Waals surface area contributed by atoms with Crippen molar-refractivity contribution in [2.75, 3.05) is 11.9 Å². The molecule has 2 aromatic rings. The van der Waals surface area contributed by atoms with Gasteiger partial charge in [0, 0.05) is 27.5 Å². The van der Waals surface area contributed by atoms with Gasteiger partial charge in [-0.1, -0.05) is 43.0 Å². The van der Waals surface area contributed by atoms with E-state index in [4.69, 9.17) is 11.6 Å². The highest BCUT2D eigenvalue weighted by Crippen LogP contribution is 2.41. The van der Waals surface area contributed by atoms with Crippen molar-refractivity contribution in [2.45, 2.75) is 44.4 Å². The first kappa shape index (κ1) is 18.9. The van der Waals surface area contributed by atoms with Crippen LogP contribution in [0.2, 0.25) is 5.02 Å². The Kier molecular flexibility index (Phi) is 5.99. The van der Waals surface area contributed by atoms with Crippen LogP contribution in [0, 0.1) is 6.92 Å². The number of carbonyl (C=O) groups excluding carboxylic acids is 2. The summed E-state index contributed by atoms with van der Waals surface area (Å²) in [5.41, 5.74) is 1.39. The molecule has 0 spiro atoms. The van der Waals surface area contributed by atoms with E-state index in [1.54, 1.807) is 23.5 Å². The summed E-state index contributed by atoms with van der Waals surface area (Å²) in [6.45, 7) is 2.38. The average molecular weight is 391 g/mol. The average Bonchev–Trinajstić information content (AvgIpc) is 3.19. The molecule has 0 aliphatic heterocycles. The highest BCUT2D eigenvalue weighted by atomic mass is 35.5. The highest BCUT2D eigenvalue weighted by Gasteiger charge is 2.35. The van der Waals surface area contributed by atoms with E-state index in [0.717, 1.165) is 31.2 Å². The number of hydrogen-bond donors (Lipinski definition) is 2. The van der Waals surface area contributed by atoms with E-state index in [1.807, 2.05) is 19.1 Å². The molecule has 0 atom stereocenters. The van der Waals surface area contributed by atoms with Crippen molar-refractivity contribution in [3.8, 4) is 0 Å². The highest BCUT2D eigenvalue weighted by molar-refractivity contribution is 7.10. The Hall–Kier alpha value is -1.85. The first-order valence-corrected chi connectivity index (χ1v) is 10.2. The molecule has 1 heterocycles. The molecule has 1 aliphatic carbocycles. The third kappa shape index (κ3) is 4.27. The zero-order valence-electron chi connectivity index (χ0n) is 14.8. The monoisotopic (exact) mass is 390 g/mol. The van der Waals surface area contributed by atoms with Crippen LogP contribution in [0.5, 0.6) is 0 Å². The van der Waals surface area contributed by atoms with Gasteiger partial charge in [-0.2, -0.15) is 0 Å². The van der Waals surface area contributed by atoms with Crippen molar-refractivity contribution >= 4 is 40.4 Å². The van der Waals surface area contributed by atoms with Crippen molar-refractivity contribution in [2.24, 2.45) is 0 Å². The van der Waals surface area contributed by atoms with E-state index >= 15 is 0 Å². The zero-order chi connectivity index (χ0) is 18.6. The number of amides is 2. The molecule has 0 saturated heterocycles. The van der Waals surface area contributed by atoms with Gasteiger partial charge in [0.1, 0.15) is 0 Å². The molecule has 1 aromatic carbocycles. The number of hydrogen-bond acceptors (Lipinski definition) is 3. The summed E-state index contributed by atoms with van der Waals surface area (Å²) in [6.07, 6.45) is 5.63. The SMILES string of the molecule is Cc1ccc(NC(=O)C(=O)NCC2(c3cccs3)CCCCC2)cc1Cl. The molecule has 2 N–H and O–H groups in total. The first-order chi connectivity index (χ1) is 12.5. The van der Waals surface area contributed by atoms with Crippen LogP contribution >= 0.6 is 22.9 Å². The van der Waals surface area contributed by atoms with E-state index in [-0.39, 0.29) is 5.41 Å². The van der Waals surface area contributed by atoms with Gasteiger partial charge >= 0.3 is 11.8 Å². The molecule has 0 unspecified atom stereocenters. The van der Waals surface area contributed by atoms with Crippen LogP contribution in [0.1, 0.15) is 42.5 Å². The predicted octanol–water partition coefficient (Wildman–Crippen LogP) is 4.67. The van der Waals surface area contributed by atoms with E-state index in [9.17, 15) is 9.59 Å². The largest absolute Gasteiger partial charge is 0.347 e. The Morgan fingerprint density at radius 2 is 1.92 bits per heavy atom. The quantitative estimate of drug-likeness (QED) is 0.745. The molecule has 1 fully saturated rings. The summed E-state index contributed by atoms with van der Waals surface area (Å²) >= 11 is 7.79. The molecule has 0 bridgehead atoms. The van der Waals surface area contributed by atoms with Gasteiger partial charge < -0.3 is 10.6 Å². The van der Waals surface area contributed by atoms with Crippen LogP contribution in [0.15, 0.2) is 35.7 Å². The Labute approximate surface area is 162 Å². The number of thiophene rings is 1. The Morgan fingerprint density at radius 3 is 2.58 bits per heavy atom. The van der Waals surface area contributed by atoms with Crippen LogP contribution < -0.4 is 10.6 Å². The fourth-order valence-electron chi connectivity index (χ4n) is 3.51. The summed E-state index contributed by atoms with van der Waals surface area (Å²) < 4.78 is 0. The second kappa shape index (κ2) is 8.23. The number of aryl methyl sites for hydroxylation is 1. The molecule has 4 nitrogen and oxygen atoms in total. The van der Waals surface area contributed by atoms with Crippen LogP contribution in [0.3, 0.4) is 0 Å². The topological polar surface area (TPSA) is 58.2 Å². The standard InChI is InChI=1S/C20H23ClN2O2S/c1-14-7-8-15(12-16(14)21)23-19(25)18(24)22-13-20(9-3-2-4-10-20)17-6-5-11-26-17/h5-8,11-12H,2-4,9-10,13H2,1H3,(H,22,24)(H,23,25). The lowest BCUT2D eigenvalue weighted by atomic mass is 9.73. The van der Waals surface area contributed by atoms with Crippen LogP contribution in [0.25, 0.3) is 0 Å². The summed E-state index contributed by atoms with van der Waals surface area (Å²) in [5.74, 6) is -1.27. The van der Waals surface area contributed by atoms with Crippen molar-refractivity contribution in [1.82, 2.24) is 5.32 Å². The maximum atomic E-state index is 12.3. The lowest BCUT2D eigenvalue weighted by Crippen LogP contribution is -2.45. The summed E-state index contributed by atoms with van der Waals surface area (Å²) in [5, 5.41) is 8.09. The molecule has 6 heteroatoms. The maximum absolute atomic E-state index is 12.3. The van der Waals surface area contributed by atoms with Crippen LogP contribution in [-0.2, 0) is 15.0 Å². The Bertz CT molecular complexity index is 783. The fourth-order valence-corrected chi connectivity index (χ4v) is 4.68. The lowest BCUT2D eigenvalue weighted by Gasteiger charge is -2.36. The van der Waals surface area contributed by atoms with Gasteiger partial charge in [-0.3, -0.25) is 9.59 Å².